The molecule has 3 rings (SSSR count). The van der Waals surface area contributed by atoms with Gasteiger partial charge >= 0.3 is 0 Å². The van der Waals surface area contributed by atoms with Gasteiger partial charge in [-0.25, -0.2) is 4.98 Å². The van der Waals surface area contributed by atoms with E-state index < -0.39 is 0 Å². The number of anilines is 1. The van der Waals surface area contributed by atoms with Gasteiger partial charge in [0.2, 0.25) is 5.91 Å². The number of carbonyl (C=O) groups is 1. The van der Waals surface area contributed by atoms with Crippen LogP contribution < -0.4 is 10.9 Å². The average Bonchev–Trinajstić information content (AvgIpc) is 2.90. The average molecular weight is 442 g/mol. The third kappa shape index (κ3) is 4.48. The van der Waals surface area contributed by atoms with Gasteiger partial charge in [0.15, 0.2) is 0 Å². The van der Waals surface area contributed by atoms with Crippen molar-refractivity contribution >= 4 is 68.1 Å². The van der Waals surface area contributed by atoms with E-state index in [0.717, 1.165) is 15.3 Å². The number of aryl methyl sites for hydroxylation is 2. The summed E-state index contributed by atoms with van der Waals surface area (Å²) in [5.41, 5.74) is 1.30. The van der Waals surface area contributed by atoms with E-state index in [1.54, 1.807) is 25.1 Å². The van der Waals surface area contributed by atoms with Gasteiger partial charge in [0.25, 0.3) is 5.56 Å². The molecule has 0 radical (unpaired) electrons. The van der Waals surface area contributed by atoms with Crippen LogP contribution in [0.2, 0.25) is 10.0 Å². The lowest BCUT2D eigenvalue weighted by Gasteiger charge is -2.13. The second-order valence-electron chi connectivity index (χ2n) is 6.04. The Morgan fingerprint density at radius 3 is 2.85 bits per heavy atom. The van der Waals surface area contributed by atoms with Crippen LogP contribution in [0.4, 0.5) is 5.69 Å². The zero-order chi connectivity index (χ0) is 19.7. The number of rotatable bonds is 5. The van der Waals surface area contributed by atoms with Gasteiger partial charge < -0.3 is 10.3 Å². The van der Waals surface area contributed by atoms with Crippen LogP contribution in [0.15, 0.2) is 23.0 Å². The van der Waals surface area contributed by atoms with Crippen molar-refractivity contribution in [3.05, 3.63) is 54.9 Å². The highest BCUT2D eigenvalue weighted by atomic mass is 35.5. The summed E-state index contributed by atoms with van der Waals surface area (Å²) >= 11 is 14.9. The van der Waals surface area contributed by atoms with Crippen LogP contribution in [0.5, 0.6) is 0 Å². The number of benzene rings is 1. The van der Waals surface area contributed by atoms with Crippen LogP contribution >= 0.6 is 46.3 Å². The number of nitrogens with zero attached hydrogens (tertiary/aromatic N) is 1. The summed E-state index contributed by atoms with van der Waals surface area (Å²) in [6, 6.07) is 4.89. The maximum Gasteiger partial charge on any atom is 0.259 e. The summed E-state index contributed by atoms with van der Waals surface area (Å²) in [6.45, 7) is 5.68. The Morgan fingerprint density at radius 1 is 1.37 bits per heavy atom. The van der Waals surface area contributed by atoms with Gasteiger partial charge in [-0.05, 0) is 44.5 Å². The first-order valence-electron chi connectivity index (χ1n) is 8.12. The van der Waals surface area contributed by atoms with Crippen molar-refractivity contribution in [1.82, 2.24) is 9.97 Å². The second-order valence-corrected chi connectivity index (χ2v) is 9.42. The van der Waals surface area contributed by atoms with E-state index in [-0.39, 0.29) is 16.7 Å². The molecule has 0 aliphatic rings. The SMILES string of the molecule is Cc1sc2nc(CSC(C)C(=O)Nc3cc(Cl)ccc3Cl)[nH]c(=O)c2c1C. The van der Waals surface area contributed by atoms with Gasteiger partial charge in [-0.15, -0.1) is 23.1 Å². The quantitative estimate of drug-likeness (QED) is 0.572. The third-order valence-corrected chi connectivity index (χ3v) is 6.93. The van der Waals surface area contributed by atoms with Crippen LogP contribution in [0, 0.1) is 13.8 Å². The van der Waals surface area contributed by atoms with Gasteiger partial charge in [0, 0.05) is 9.90 Å². The summed E-state index contributed by atoms with van der Waals surface area (Å²) in [6.07, 6.45) is 0. The molecule has 5 nitrogen and oxygen atoms in total. The van der Waals surface area contributed by atoms with Gasteiger partial charge in [0.1, 0.15) is 10.7 Å². The first-order chi connectivity index (χ1) is 12.8. The molecule has 27 heavy (non-hydrogen) atoms. The van der Waals surface area contributed by atoms with Crippen molar-refractivity contribution in [2.24, 2.45) is 0 Å². The van der Waals surface area contributed by atoms with Crippen molar-refractivity contribution in [2.75, 3.05) is 5.32 Å². The highest BCUT2D eigenvalue weighted by molar-refractivity contribution is 7.99. The summed E-state index contributed by atoms with van der Waals surface area (Å²) < 4.78 is 0. The van der Waals surface area contributed by atoms with Gasteiger partial charge in [-0.2, -0.15) is 0 Å². The van der Waals surface area contributed by atoms with Crippen LogP contribution in [0.3, 0.4) is 0 Å². The molecule has 9 heteroatoms. The van der Waals surface area contributed by atoms with Crippen LogP contribution in [0.25, 0.3) is 10.2 Å². The lowest BCUT2D eigenvalue weighted by atomic mass is 10.2. The minimum Gasteiger partial charge on any atom is -0.324 e. The van der Waals surface area contributed by atoms with E-state index >= 15 is 0 Å². The van der Waals surface area contributed by atoms with Crippen molar-refractivity contribution in [2.45, 2.75) is 31.8 Å². The number of aromatic amines is 1. The summed E-state index contributed by atoms with van der Waals surface area (Å²) in [7, 11) is 0. The molecule has 2 N–H and O–H groups in total. The van der Waals surface area contributed by atoms with Gasteiger partial charge in [0.05, 0.1) is 27.1 Å². The smallest absolute Gasteiger partial charge is 0.259 e. The number of nitrogens with one attached hydrogen (secondary N) is 2. The number of amides is 1. The Morgan fingerprint density at radius 2 is 2.11 bits per heavy atom. The molecule has 3 aromatic rings. The number of aromatic nitrogens is 2. The Balaban J connectivity index is 1.69. The standard InChI is InChI=1S/C18H17Cl2N3O2S2/c1-8-9(2)27-18-15(8)17(25)22-14(23-18)7-26-10(3)16(24)21-13-6-11(19)4-5-12(13)20/h4-6,10H,7H2,1-3H3,(H,21,24)(H,22,23,25). The molecule has 1 aromatic carbocycles. The molecule has 1 atom stereocenters. The monoisotopic (exact) mass is 441 g/mol. The molecule has 1 amide bonds. The van der Waals surface area contributed by atoms with Crippen LogP contribution in [-0.4, -0.2) is 21.1 Å². The molecule has 1 unspecified atom stereocenters. The number of H-pyrrole nitrogens is 1. The number of fused-ring (bicyclic) bond motifs is 1. The van der Waals surface area contributed by atoms with Crippen molar-refractivity contribution in [1.29, 1.82) is 0 Å². The Hall–Kier alpha value is -1.54. The van der Waals surface area contributed by atoms with E-state index in [1.165, 1.54) is 23.1 Å². The van der Waals surface area contributed by atoms with Crippen LogP contribution in [0.1, 0.15) is 23.2 Å². The number of hydrogen-bond donors (Lipinski definition) is 2. The molecule has 2 aromatic heterocycles. The first kappa shape index (κ1) is 20.2. The van der Waals surface area contributed by atoms with E-state index in [9.17, 15) is 9.59 Å². The molecule has 0 aliphatic heterocycles. The number of thioether (sulfide) groups is 1. The lowest BCUT2D eigenvalue weighted by Crippen LogP contribution is -2.23. The maximum absolute atomic E-state index is 12.4. The van der Waals surface area contributed by atoms with Crippen LogP contribution in [-0.2, 0) is 10.5 Å². The molecule has 0 fully saturated rings. The molecule has 0 saturated carbocycles. The second kappa shape index (κ2) is 8.22. The van der Waals surface area contributed by atoms with Gasteiger partial charge in [-0.1, -0.05) is 23.2 Å². The molecular weight excluding hydrogens is 425 g/mol. The summed E-state index contributed by atoms with van der Waals surface area (Å²) in [5.74, 6) is 0.772. The molecule has 2 heterocycles. The minimum absolute atomic E-state index is 0.139. The van der Waals surface area contributed by atoms with Crippen molar-refractivity contribution < 1.29 is 4.79 Å². The highest BCUT2D eigenvalue weighted by Gasteiger charge is 2.17. The fraction of sp³-hybridized carbons (Fsp3) is 0.278. The maximum atomic E-state index is 12.4. The van der Waals surface area contributed by atoms with E-state index in [0.29, 0.717) is 32.7 Å². The zero-order valence-electron chi connectivity index (χ0n) is 14.9. The predicted molar refractivity (Wildman–Crippen MR) is 116 cm³/mol. The Bertz CT molecular complexity index is 1080. The van der Waals surface area contributed by atoms with Crippen molar-refractivity contribution in [3.63, 3.8) is 0 Å². The fourth-order valence-electron chi connectivity index (χ4n) is 2.47. The van der Waals surface area contributed by atoms with E-state index in [2.05, 4.69) is 15.3 Å². The van der Waals surface area contributed by atoms with E-state index in [4.69, 9.17) is 23.2 Å². The molecule has 0 spiro atoms. The fourth-order valence-corrected chi connectivity index (χ4v) is 4.62. The van der Waals surface area contributed by atoms with E-state index in [1.807, 2.05) is 13.8 Å². The minimum atomic E-state index is -0.368. The first-order valence-corrected chi connectivity index (χ1v) is 10.7. The summed E-state index contributed by atoms with van der Waals surface area (Å²) in [4.78, 5) is 33.9. The molecule has 0 saturated heterocycles. The number of hydrogen-bond acceptors (Lipinski definition) is 5. The Labute approximate surface area is 174 Å². The van der Waals surface area contributed by atoms with Gasteiger partial charge in [-0.3, -0.25) is 9.59 Å². The molecule has 142 valence electrons. The summed E-state index contributed by atoms with van der Waals surface area (Å²) in [5, 5.41) is 3.96. The lowest BCUT2D eigenvalue weighted by molar-refractivity contribution is -0.115. The highest BCUT2D eigenvalue weighted by Crippen LogP contribution is 2.28. The largest absolute Gasteiger partial charge is 0.324 e. The molecule has 0 bridgehead atoms. The topological polar surface area (TPSA) is 74.8 Å². The van der Waals surface area contributed by atoms with Crippen molar-refractivity contribution in [3.8, 4) is 0 Å². The zero-order valence-corrected chi connectivity index (χ0v) is 18.0. The molecule has 0 aliphatic carbocycles. The Kier molecular flexibility index (Phi) is 6.15. The number of carbonyl (C=O) groups excluding carboxylic acids is 1. The normalized spacial score (nSPS) is 12.3. The molecular formula is C18H17Cl2N3O2S2. The predicted octanol–water partition coefficient (Wildman–Crippen LogP) is 5.17. The third-order valence-electron chi connectivity index (χ3n) is 4.11. The number of thiophene rings is 1. The number of halogens is 2.